The standard InChI is InChI=1S/C17H18FNO2/c1-21-16-10-9-14(12-15(16)18)17(20)19-11-5-8-13-6-3-2-4-7-13/h2-4,6-7,9-10,12H,5,8,11H2,1H3,(H,19,20). The molecule has 0 bridgehead atoms. The number of benzene rings is 2. The zero-order valence-corrected chi connectivity index (χ0v) is 11.9. The average Bonchev–Trinajstić information content (AvgIpc) is 2.52. The number of nitrogens with one attached hydrogen (secondary N) is 1. The van der Waals surface area contributed by atoms with Gasteiger partial charge < -0.3 is 10.1 Å². The van der Waals surface area contributed by atoms with Crippen LogP contribution in [0.5, 0.6) is 5.75 Å². The normalized spacial score (nSPS) is 10.2. The van der Waals surface area contributed by atoms with Crippen molar-refractivity contribution in [2.24, 2.45) is 0 Å². The summed E-state index contributed by atoms with van der Waals surface area (Å²) in [6, 6.07) is 14.3. The average molecular weight is 287 g/mol. The topological polar surface area (TPSA) is 38.3 Å². The molecule has 0 aliphatic heterocycles. The Morgan fingerprint density at radius 2 is 1.95 bits per heavy atom. The third kappa shape index (κ3) is 4.31. The van der Waals surface area contributed by atoms with Crippen molar-refractivity contribution < 1.29 is 13.9 Å². The summed E-state index contributed by atoms with van der Waals surface area (Å²) in [6.07, 6.45) is 1.74. The van der Waals surface area contributed by atoms with Crippen LogP contribution in [0, 0.1) is 5.82 Å². The van der Waals surface area contributed by atoms with E-state index in [0.29, 0.717) is 12.1 Å². The summed E-state index contributed by atoms with van der Waals surface area (Å²) in [6.45, 7) is 0.557. The third-order valence-electron chi connectivity index (χ3n) is 3.18. The molecule has 0 heterocycles. The Morgan fingerprint density at radius 1 is 1.19 bits per heavy atom. The van der Waals surface area contributed by atoms with Crippen LogP contribution in [-0.4, -0.2) is 19.6 Å². The molecule has 1 amide bonds. The summed E-state index contributed by atoms with van der Waals surface area (Å²) in [4.78, 5) is 11.9. The lowest BCUT2D eigenvalue weighted by molar-refractivity contribution is 0.0952. The molecule has 0 aliphatic carbocycles. The Labute approximate surface area is 123 Å². The summed E-state index contributed by atoms with van der Waals surface area (Å²) in [7, 11) is 1.39. The van der Waals surface area contributed by atoms with Crippen LogP contribution in [0.25, 0.3) is 0 Å². The van der Waals surface area contributed by atoms with Gasteiger partial charge in [0.15, 0.2) is 11.6 Å². The minimum Gasteiger partial charge on any atom is -0.494 e. The second kappa shape index (κ2) is 7.43. The maximum Gasteiger partial charge on any atom is 0.251 e. The SMILES string of the molecule is COc1ccc(C(=O)NCCCc2ccccc2)cc1F. The predicted molar refractivity (Wildman–Crippen MR) is 80.0 cm³/mol. The van der Waals surface area contributed by atoms with Gasteiger partial charge in [0.25, 0.3) is 5.91 Å². The van der Waals surface area contributed by atoms with Crippen molar-refractivity contribution in [3.05, 3.63) is 65.5 Å². The maximum absolute atomic E-state index is 13.5. The molecule has 2 rings (SSSR count). The summed E-state index contributed by atoms with van der Waals surface area (Å²) in [5.74, 6) is -0.672. The van der Waals surface area contributed by atoms with Gasteiger partial charge >= 0.3 is 0 Å². The lowest BCUT2D eigenvalue weighted by Gasteiger charge is -2.07. The first-order valence-corrected chi connectivity index (χ1v) is 6.86. The number of ether oxygens (including phenoxy) is 1. The Balaban J connectivity index is 1.80. The summed E-state index contributed by atoms with van der Waals surface area (Å²) < 4.78 is 18.3. The lowest BCUT2D eigenvalue weighted by Crippen LogP contribution is -2.24. The maximum atomic E-state index is 13.5. The summed E-state index contributed by atoms with van der Waals surface area (Å²) in [5, 5.41) is 2.79. The quantitative estimate of drug-likeness (QED) is 0.829. The molecule has 0 atom stereocenters. The molecule has 0 saturated carbocycles. The van der Waals surface area contributed by atoms with Crippen LogP contribution in [0.15, 0.2) is 48.5 Å². The largest absolute Gasteiger partial charge is 0.494 e. The molecule has 0 spiro atoms. The van der Waals surface area contributed by atoms with E-state index >= 15 is 0 Å². The highest BCUT2D eigenvalue weighted by Gasteiger charge is 2.09. The van der Waals surface area contributed by atoms with E-state index in [4.69, 9.17) is 4.74 Å². The molecule has 1 N–H and O–H groups in total. The molecule has 110 valence electrons. The van der Waals surface area contributed by atoms with Gasteiger partial charge in [0.05, 0.1) is 7.11 Å². The molecule has 21 heavy (non-hydrogen) atoms. The van der Waals surface area contributed by atoms with Crippen molar-refractivity contribution in [1.82, 2.24) is 5.32 Å². The number of hydrogen-bond donors (Lipinski definition) is 1. The molecular weight excluding hydrogens is 269 g/mol. The fourth-order valence-corrected chi connectivity index (χ4v) is 2.05. The first-order chi connectivity index (χ1) is 10.2. The molecule has 2 aromatic rings. The minimum absolute atomic E-state index is 0.135. The zero-order valence-electron chi connectivity index (χ0n) is 11.9. The van der Waals surface area contributed by atoms with Crippen molar-refractivity contribution >= 4 is 5.91 Å². The fourth-order valence-electron chi connectivity index (χ4n) is 2.05. The van der Waals surface area contributed by atoms with Crippen LogP contribution in [0.3, 0.4) is 0 Å². The molecule has 0 aromatic heterocycles. The monoisotopic (exact) mass is 287 g/mol. The lowest BCUT2D eigenvalue weighted by atomic mass is 10.1. The van der Waals surface area contributed by atoms with Crippen molar-refractivity contribution in [2.75, 3.05) is 13.7 Å². The molecule has 4 heteroatoms. The van der Waals surface area contributed by atoms with Crippen molar-refractivity contribution in [3.8, 4) is 5.75 Å². The fraction of sp³-hybridized carbons (Fsp3) is 0.235. The predicted octanol–water partition coefficient (Wildman–Crippen LogP) is 3.20. The zero-order chi connectivity index (χ0) is 15.1. The number of aryl methyl sites for hydroxylation is 1. The van der Waals surface area contributed by atoms with Crippen molar-refractivity contribution in [2.45, 2.75) is 12.8 Å². The second-order valence-corrected chi connectivity index (χ2v) is 4.69. The highest BCUT2D eigenvalue weighted by atomic mass is 19.1. The summed E-state index contributed by atoms with van der Waals surface area (Å²) in [5.41, 5.74) is 1.54. The van der Waals surface area contributed by atoms with Crippen molar-refractivity contribution in [1.29, 1.82) is 0 Å². The van der Waals surface area contributed by atoms with E-state index in [9.17, 15) is 9.18 Å². The second-order valence-electron chi connectivity index (χ2n) is 4.69. The molecule has 0 saturated heterocycles. The molecule has 0 fully saturated rings. The van der Waals surface area contributed by atoms with Gasteiger partial charge in [-0.25, -0.2) is 4.39 Å². The van der Waals surface area contributed by atoms with E-state index < -0.39 is 5.82 Å². The van der Waals surface area contributed by atoms with E-state index in [1.165, 1.54) is 24.8 Å². The Bertz CT molecular complexity index is 599. The highest BCUT2D eigenvalue weighted by molar-refractivity contribution is 5.94. The van der Waals surface area contributed by atoms with Crippen LogP contribution in [0.2, 0.25) is 0 Å². The van der Waals surface area contributed by atoms with E-state index in [-0.39, 0.29) is 11.7 Å². The molecule has 0 aliphatic rings. The van der Waals surface area contributed by atoms with Gasteiger partial charge in [0.2, 0.25) is 0 Å². The van der Waals surface area contributed by atoms with Crippen LogP contribution in [-0.2, 0) is 6.42 Å². The van der Waals surface area contributed by atoms with Gasteiger partial charge in [0, 0.05) is 12.1 Å². The van der Waals surface area contributed by atoms with E-state index in [0.717, 1.165) is 12.8 Å². The number of amides is 1. The van der Waals surface area contributed by atoms with E-state index in [1.54, 1.807) is 6.07 Å². The summed E-state index contributed by atoms with van der Waals surface area (Å²) >= 11 is 0. The molecule has 0 radical (unpaired) electrons. The van der Waals surface area contributed by atoms with Gasteiger partial charge in [-0.3, -0.25) is 4.79 Å². The van der Waals surface area contributed by atoms with Crippen LogP contribution in [0.4, 0.5) is 4.39 Å². The Hall–Kier alpha value is -2.36. The first kappa shape index (κ1) is 15.0. The van der Waals surface area contributed by atoms with Crippen molar-refractivity contribution in [3.63, 3.8) is 0 Å². The molecule has 0 unspecified atom stereocenters. The van der Waals surface area contributed by atoms with Crippen LogP contribution in [0.1, 0.15) is 22.3 Å². The number of methoxy groups -OCH3 is 1. The molecule has 3 nitrogen and oxygen atoms in total. The Morgan fingerprint density at radius 3 is 2.62 bits per heavy atom. The third-order valence-corrected chi connectivity index (χ3v) is 3.18. The van der Waals surface area contributed by atoms with E-state index in [2.05, 4.69) is 17.4 Å². The minimum atomic E-state index is -0.533. The van der Waals surface area contributed by atoms with Crippen LogP contribution < -0.4 is 10.1 Å². The number of halogens is 1. The van der Waals surface area contributed by atoms with Gasteiger partial charge in [-0.2, -0.15) is 0 Å². The molecule has 2 aromatic carbocycles. The van der Waals surface area contributed by atoms with Gasteiger partial charge in [-0.15, -0.1) is 0 Å². The molecular formula is C17H18FNO2. The highest BCUT2D eigenvalue weighted by Crippen LogP contribution is 2.17. The van der Waals surface area contributed by atoms with Gasteiger partial charge in [-0.05, 0) is 36.6 Å². The number of rotatable bonds is 6. The van der Waals surface area contributed by atoms with E-state index in [1.807, 2.05) is 18.2 Å². The number of carbonyl (C=O) groups is 1. The van der Waals surface area contributed by atoms with Gasteiger partial charge in [0.1, 0.15) is 0 Å². The van der Waals surface area contributed by atoms with Crippen LogP contribution >= 0.6 is 0 Å². The Kier molecular flexibility index (Phi) is 5.32. The smallest absolute Gasteiger partial charge is 0.251 e. The first-order valence-electron chi connectivity index (χ1n) is 6.86. The number of carbonyl (C=O) groups excluding carboxylic acids is 1. The van der Waals surface area contributed by atoms with Gasteiger partial charge in [-0.1, -0.05) is 30.3 Å². The number of hydrogen-bond acceptors (Lipinski definition) is 2.